The van der Waals surface area contributed by atoms with Gasteiger partial charge in [0.2, 0.25) is 17.9 Å². The fourth-order valence-corrected chi connectivity index (χ4v) is 4.59. The van der Waals surface area contributed by atoms with Crippen molar-refractivity contribution in [2.75, 3.05) is 6.54 Å². The van der Waals surface area contributed by atoms with E-state index in [1.54, 1.807) is 12.1 Å². The summed E-state index contributed by atoms with van der Waals surface area (Å²) in [6.45, 7) is 8.80. The number of allylic oxidation sites excluding steroid dienone is 2. The summed E-state index contributed by atoms with van der Waals surface area (Å²) < 4.78 is 18.8. The Morgan fingerprint density at radius 3 is 2.47 bits per heavy atom. The second-order valence-corrected chi connectivity index (χ2v) is 10.3. The largest absolute Gasteiger partial charge is 0.478 e. The highest BCUT2D eigenvalue weighted by atomic mass is 19.1. The number of carboxylic acids is 1. The van der Waals surface area contributed by atoms with E-state index < -0.39 is 30.2 Å². The molecule has 0 spiro atoms. The lowest BCUT2D eigenvalue weighted by atomic mass is 9.65. The molecule has 0 radical (unpaired) electrons. The average Bonchev–Trinajstić information content (AvgIpc) is 3.36. The summed E-state index contributed by atoms with van der Waals surface area (Å²) in [6, 6.07) is 7.69. The van der Waals surface area contributed by atoms with E-state index in [1.165, 1.54) is 30.0 Å². The highest BCUT2D eigenvalue weighted by molar-refractivity contribution is 5.79. The number of carbonyl (C=O) groups excluding carboxylic acids is 1. The highest BCUT2D eigenvalue weighted by Gasteiger charge is 2.35. The van der Waals surface area contributed by atoms with Gasteiger partial charge in [-0.2, -0.15) is 5.10 Å². The number of rotatable bonds is 12. The number of amides is 1. The molecule has 206 valence electrons. The Bertz CT molecular complexity index is 1180. The van der Waals surface area contributed by atoms with Crippen LogP contribution in [0.3, 0.4) is 0 Å². The van der Waals surface area contributed by atoms with Crippen molar-refractivity contribution >= 4 is 17.4 Å². The maximum atomic E-state index is 13.6. The first kappa shape index (κ1) is 29.1. The van der Waals surface area contributed by atoms with E-state index in [9.17, 15) is 29.3 Å². The van der Waals surface area contributed by atoms with Gasteiger partial charge in [-0.1, -0.05) is 44.6 Å². The zero-order chi connectivity index (χ0) is 28.0. The second-order valence-electron chi connectivity index (χ2n) is 10.3. The molecule has 0 bridgehead atoms. The molecule has 1 amide bonds. The SMILES string of the molecule is CC1=CC(CNC(=O)C[C@@H](O)C[C@@H](O)C(Oc2ccn[nH]2)C(=O)O)=C(c2ccc(F)cc2)CC1(C)C(C)C. The number of carboxylic acid groups (broad SMARTS) is 1. The summed E-state index contributed by atoms with van der Waals surface area (Å²) in [5.41, 5.74) is 3.88. The topological polar surface area (TPSA) is 145 Å². The number of aliphatic hydroxyl groups is 2. The molecule has 9 nitrogen and oxygen atoms in total. The van der Waals surface area contributed by atoms with Crippen molar-refractivity contribution < 1.29 is 34.0 Å². The van der Waals surface area contributed by atoms with Gasteiger partial charge >= 0.3 is 5.97 Å². The van der Waals surface area contributed by atoms with Crippen LogP contribution in [0.15, 0.2) is 53.8 Å². The molecule has 38 heavy (non-hydrogen) atoms. The number of nitrogens with zero attached hydrogens (tertiary/aromatic N) is 1. The van der Waals surface area contributed by atoms with Crippen molar-refractivity contribution in [2.24, 2.45) is 11.3 Å². The van der Waals surface area contributed by atoms with Crippen molar-refractivity contribution in [1.82, 2.24) is 15.5 Å². The fraction of sp³-hybridized carbons (Fsp3) is 0.464. The number of hydrogen-bond donors (Lipinski definition) is 5. The number of carbonyl (C=O) groups is 2. The zero-order valence-corrected chi connectivity index (χ0v) is 22.1. The monoisotopic (exact) mass is 529 g/mol. The quantitative estimate of drug-likeness (QED) is 0.283. The molecule has 1 aliphatic carbocycles. The third kappa shape index (κ3) is 7.08. The second kappa shape index (κ2) is 12.4. The number of benzene rings is 1. The molecular formula is C28H36FN3O6. The third-order valence-corrected chi connectivity index (χ3v) is 7.42. The minimum absolute atomic E-state index is 0.0540. The molecule has 5 N–H and O–H groups in total. The number of hydrogen-bond acceptors (Lipinski definition) is 6. The van der Waals surface area contributed by atoms with E-state index in [0.717, 1.165) is 23.1 Å². The molecule has 10 heteroatoms. The van der Waals surface area contributed by atoms with Crippen molar-refractivity contribution in [3.05, 3.63) is 65.1 Å². The zero-order valence-electron chi connectivity index (χ0n) is 22.1. The van der Waals surface area contributed by atoms with Gasteiger partial charge in [0, 0.05) is 19.0 Å². The van der Waals surface area contributed by atoms with E-state index in [2.05, 4.69) is 49.3 Å². The minimum Gasteiger partial charge on any atom is -0.478 e. The third-order valence-electron chi connectivity index (χ3n) is 7.42. The van der Waals surface area contributed by atoms with Gasteiger partial charge in [0.25, 0.3) is 0 Å². The van der Waals surface area contributed by atoms with Crippen LogP contribution in [0.2, 0.25) is 0 Å². The Kier molecular flexibility index (Phi) is 9.45. The van der Waals surface area contributed by atoms with Gasteiger partial charge in [0.15, 0.2) is 0 Å². The molecule has 2 aromatic rings. The maximum Gasteiger partial charge on any atom is 0.347 e. The van der Waals surface area contributed by atoms with Crippen LogP contribution >= 0.6 is 0 Å². The van der Waals surface area contributed by atoms with E-state index in [-0.39, 0.29) is 36.5 Å². The van der Waals surface area contributed by atoms with Gasteiger partial charge in [-0.3, -0.25) is 4.79 Å². The Labute approximate surface area is 221 Å². The first-order valence-electron chi connectivity index (χ1n) is 12.6. The van der Waals surface area contributed by atoms with E-state index in [0.29, 0.717) is 5.92 Å². The van der Waals surface area contributed by atoms with Crippen LogP contribution in [0.25, 0.3) is 5.57 Å². The van der Waals surface area contributed by atoms with Crippen LogP contribution in [0, 0.1) is 17.2 Å². The molecule has 1 aliphatic rings. The van der Waals surface area contributed by atoms with Crippen LogP contribution in [0.5, 0.6) is 5.88 Å². The van der Waals surface area contributed by atoms with Gasteiger partial charge < -0.3 is 25.4 Å². The van der Waals surface area contributed by atoms with Crippen LogP contribution in [0.1, 0.15) is 52.5 Å². The Morgan fingerprint density at radius 1 is 1.21 bits per heavy atom. The Balaban J connectivity index is 1.66. The molecule has 1 aromatic carbocycles. The van der Waals surface area contributed by atoms with Gasteiger partial charge in [-0.05, 0) is 53.5 Å². The summed E-state index contributed by atoms with van der Waals surface area (Å²) in [4.78, 5) is 24.2. The van der Waals surface area contributed by atoms with Crippen LogP contribution in [-0.2, 0) is 9.59 Å². The Morgan fingerprint density at radius 2 is 1.89 bits per heavy atom. The van der Waals surface area contributed by atoms with Crippen molar-refractivity contribution in [2.45, 2.75) is 65.3 Å². The molecule has 2 unspecified atom stereocenters. The fourth-order valence-electron chi connectivity index (χ4n) is 4.59. The first-order valence-corrected chi connectivity index (χ1v) is 12.6. The summed E-state index contributed by atoms with van der Waals surface area (Å²) in [6.07, 6.45) is -1.07. The molecule has 4 atom stereocenters. The van der Waals surface area contributed by atoms with Crippen LogP contribution in [0.4, 0.5) is 4.39 Å². The van der Waals surface area contributed by atoms with Crippen molar-refractivity contribution in [1.29, 1.82) is 0 Å². The molecule has 0 saturated carbocycles. The normalized spacial score (nSPS) is 20.1. The predicted octanol–water partition coefficient (Wildman–Crippen LogP) is 3.47. The van der Waals surface area contributed by atoms with Crippen LogP contribution < -0.4 is 10.1 Å². The van der Waals surface area contributed by atoms with E-state index in [1.807, 2.05) is 0 Å². The first-order chi connectivity index (χ1) is 17.9. The smallest absolute Gasteiger partial charge is 0.347 e. The lowest BCUT2D eigenvalue weighted by Gasteiger charge is -2.40. The number of aromatic amines is 1. The highest BCUT2D eigenvalue weighted by Crippen LogP contribution is 2.47. The van der Waals surface area contributed by atoms with Gasteiger partial charge in [-0.25, -0.2) is 14.3 Å². The summed E-state index contributed by atoms with van der Waals surface area (Å²) in [7, 11) is 0. The number of ether oxygens (including phenoxy) is 1. The summed E-state index contributed by atoms with van der Waals surface area (Å²) in [5, 5.41) is 39.0. The number of nitrogens with one attached hydrogen (secondary N) is 2. The van der Waals surface area contributed by atoms with Gasteiger partial charge in [0.1, 0.15) is 11.9 Å². The molecule has 0 fully saturated rings. The molecule has 1 aromatic heterocycles. The van der Waals surface area contributed by atoms with Crippen molar-refractivity contribution in [3.8, 4) is 5.88 Å². The number of aromatic nitrogens is 2. The van der Waals surface area contributed by atoms with E-state index in [4.69, 9.17) is 4.74 Å². The molecule has 0 aliphatic heterocycles. The number of H-pyrrole nitrogens is 1. The summed E-state index contributed by atoms with van der Waals surface area (Å²) in [5.74, 6) is -1.79. The number of halogens is 1. The predicted molar refractivity (Wildman–Crippen MR) is 140 cm³/mol. The maximum absolute atomic E-state index is 13.6. The lowest BCUT2D eigenvalue weighted by molar-refractivity contribution is -0.151. The molecule has 1 heterocycles. The lowest BCUT2D eigenvalue weighted by Crippen LogP contribution is -2.41. The molecule has 3 rings (SSSR count). The minimum atomic E-state index is -1.65. The van der Waals surface area contributed by atoms with Crippen LogP contribution in [-0.4, -0.2) is 62.3 Å². The standard InChI is InChI=1S/C28H36FN3O6/c1-16(2)28(4)14-22(18-5-7-20(29)8-6-18)19(11-17(28)3)15-30-24(35)13-21(33)12-23(34)26(27(36)37)38-25-9-10-31-32-25/h5-11,16,21,23,26,33-34H,12-15H2,1-4H3,(H,30,35)(H,31,32)(H,36,37)/t21-,23+,26?,28?/m0/s1. The molecular weight excluding hydrogens is 493 g/mol. The average molecular weight is 530 g/mol. The van der Waals surface area contributed by atoms with Crippen molar-refractivity contribution in [3.63, 3.8) is 0 Å². The molecule has 0 saturated heterocycles. The van der Waals surface area contributed by atoms with E-state index >= 15 is 0 Å². The van der Waals surface area contributed by atoms with Gasteiger partial charge in [-0.15, -0.1) is 0 Å². The summed E-state index contributed by atoms with van der Waals surface area (Å²) >= 11 is 0. The number of aliphatic hydroxyl groups excluding tert-OH is 2. The Hall–Kier alpha value is -3.50. The number of aliphatic carboxylic acids is 1. The van der Waals surface area contributed by atoms with Gasteiger partial charge in [0.05, 0.1) is 18.7 Å².